The molecule has 0 aromatic heterocycles. The number of carbonyl (C=O) groups is 2. The molecule has 0 radical (unpaired) electrons. The van der Waals surface area contributed by atoms with Crippen LogP contribution in [0.5, 0.6) is 0 Å². The van der Waals surface area contributed by atoms with Crippen molar-refractivity contribution in [2.45, 2.75) is 53.5 Å². The zero-order chi connectivity index (χ0) is 24.6. The molecule has 4 heteroatoms. The number of hydrogen-bond acceptors (Lipinski definition) is 3. The molecule has 34 heavy (non-hydrogen) atoms. The van der Waals surface area contributed by atoms with Gasteiger partial charge in [0.25, 0.3) is 11.8 Å². The highest BCUT2D eigenvalue weighted by molar-refractivity contribution is 6.36. The molecule has 4 rings (SSSR count). The molecule has 0 atom stereocenters. The summed E-state index contributed by atoms with van der Waals surface area (Å²) >= 11 is 0. The lowest BCUT2D eigenvalue weighted by molar-refractivity contribution is -0.137. The van der Waals surface area contributed by atoms with Crippen LogP contribution < -0.4 is 5.32 Å². The van der Waals surface area contributed by atoms with Crippen LogP contribution in [0.1, 0.15) is 54.2 Å². The second-order valence-electron chi connectivity index (χ2n) is 10.2. The summed E-state index contributed by atoms with van der Waals surface area (Å²) in [5.74, 6) is -0.582. The van der Waals surface area contributed by atoms with Gasteiger partial charge in [-0.25, -0.2) is 0 Å². The van der Waals surface area contributed by atoms with Crippen molar-refractivity contribution in [1.82, 2.24) is 4.90 Å². The third-order valence-electron chi connectivity index (χ3n) is 6.45. The van der Waals surface area contributed by atoms with Crippen molar-refractivity contribution in [2.75, 3.05) is 5.32 Å². The number of amides is 2. The Morgan fingerprint density at radius 1 is 0.765 bits per heavy atom. The molecule has 0 fully saturated rings. The Kier molecular flexibility index (Phi) is 6.18. The molecule has 2 amide bonds. The molecule has 1 aliphatic rings. The van der Waals surface area contributed by atoms with E-state index in [0.717, 1.165) is 33.5 Å². The van der Waals surface area contributed by atoms with Gasteiger partial charge in [-0.3, -0.25) is 14.5 Å². The number of benzene rings is 3. The van der Waals surface area contributed by atoms with Crippen LogP contribution in [0.4, 0.5) is 5.69 Å². The maximum Gasteiger partial charge on any atom is 0.278 e. The van der Waals surface area contributed by atoms with Gasteiger partial charge in [0.1, 0.15) is 5.70 Å². The number of imide groups is 1. The normalized spacial score (nSPS) is 14.2. The van der Waals surface area contributed by atoms with Gasteiger partial charge in [0.15, 0.2) is 0 Å². The second-order valence-corrected chi connectivity index (χ2v) is 10.2. The lowest BCUT2D eigenvalue weighted by Gasteiger charge is -2.19. The van der Waals surface area contributed by atoms with Gasteiger partial charge in [-0.2, -0.15) is 0 Å². The monoisotopic (exact) mass is 452 g/mol. The van der Waals surface area contributed by atoms with E-state index in [4.69, 9.17) is 0 Å². The first-order valence-corrected chi connectivity index (χ1v) is 11.7. The van der Waals surface area contributed by atoms with Crippen molar-refractivity contribution in [2.24, 2.45) is 0 Å². The third kappa shape index (κ3) is 4.67. The zero-order valence-corrected chi connectivity index (χ0v) is 20.8. The van der Waals surface area contributed by atoms with Crippen LogP contribution in [0, 0.1) is 20.8 Å². The lowest BCUT2D eigenvalue weighted by atomic mass is 9.87. The average Bonchev–Trinajstić information content (AvgIpc) is 3.01. The number of aryl methyl sites for hydroxylation is 3. The van der Waals surface area contributed by atoms with Gasteiger partial charge in [0.2, 0.25) is 0 Å². The first-order valence-electron chi connectivity index (χ1n) is 11.7. The molecule has 0 unspecified atom stereocenters. The Bertz CT molecular complexity index is 1280. The summed E-state index contributed by atoms with van der Waals surface area (Å²) in [6, 6.07) is 21.9. The van der Waals surface area contributed by atoms with Crippen molar-refractivity contribution in [3.63, 3.8) is 0 Å². The quantitative estimate of drug-likeness (QED) is 0.462. The van der Waals surface area contributed by atoms with E-state index in [0.29, 0.717) is 11.3 Å². The van der Waals surface area contributed by atoms with E-state index >= 15 is 0 Å². The van der Waals surface area contributed by atoms with Crippen LogP contribution in [0.2, 0.25) is 0 Å². The van der Waals surface area contributed by atoms with Gasteiger partial charge in [-0.1, -0.05) is 80.9 Å². The Labute approximate surface area is 202 Å². The van der Waals surface area contributed by atoms with Crippen LogP contribution in [-0.2, 0) is 21.5 Å². The summed E-state index contributed by atoms with van der Waals surface area (Å²) in [5, 5.41) is 3.27. The molecule has 1 heterocycles. The molecule has 3 aromatic carbocycles. The van der Waals surface area contributed by atoms with Gasteiger partial charge in [-0.05, 0) is 66.1 Å². The molecule has 0 saturated heterocycles. The van der Waals surface area contributed by atoms with E-state index in [9.17, 15) is 9.59 Å². The van der Waals surface area contributed by atoms with E-state index in [1.54, 1.807) is 0 Å². The second kappa shape index (κ2) is 8.94. The fourth-order valence-corrected chi connectivity index (χ4v) is 4.07. The molecule has 0 bridgehead atoms. The molecule has 1 aliphatic heterocycles. The molecule has 0 aliphatic carbocycles. The molecule has 0 saturated carbocycles. The minimum absolute atomic E-state index is 0.0341. The van der Waals surface area contributed by atoms with Crippen molar-refractivity contribution in [3.8, 4) is 0 Å². The zero-order valence-electron chi connectivity index (χ0n) is 20.8. The molecule has 174 valence electrons. The lowest BCUT2D eigenvalue weighted by Crippen LogP contribution is -2.32. The number of anilines is 1. The van der Waals surface area contributed by atoms with Gasteiger partial charge in [0, 0.05) is 5.69 Å². The van der Waals surface area contributed by atoms with Gasteiger partial charge in [0.05, 0.1) is 12.1 Å². The summed E-state index contributed by atoms with van der Waals surface area (Å²) in [7, 11) is 0. The minimum atomic E-state index is -0.307. The molecular formula is C30H32N2O2. The fourth-order valence-electron chi connectivity index (χ4n) is 4.07. The third-order valence-corrected chi connectivity index (χ3v) is 6.45. The van der Waals surface area contributed by atoms with Crippen molar-refractivity contribution in [1.29, 1.82) is 0 Å². The highest BCUT2D eigenvalue weighted by Gasteiger charge is 2.39. The summed E-state index contributed by atoms with van der Waals surface area (Å²) in [5.41, 5.74) is 7.79. The van der Waals surface area contributed by atoms with Crippen LogP contribution in [0.3, 0.4) is 0 Å². The van der Waals surface area contributed by atoms with Gasteiger partial charge >= 0.3 is 0 Å². The maximum absolute atomic E-state index is 13.6. The van der Waals surface area contributed by atoms with E-state index in [-0.39, 0.29) is 23.8 Å². The number of carbonyl (C=O) groups excluding carboxylic acids is 2. The standard InChI is InChI=1S/C30H32N2O2/c1-19-7-10-22(11-8-19)18-32-28(33)26(23-12-9-20(2)21(3)17-23)27(29(32)34)31-25-15-13-24(14-16-25)30(4,5)6/h7-17,31H,18H2,1-6H3. The van der Waals surface area contributed by atoms with Crippen molar-refractivity contribution >= 4 is 23.1 Å². The van der Waals surface area contributed by atoms with E-state index in [1.165, 1.54) is 10.5 Å². The molecule has 4 nitrogen and oxygen atoms in total. The van der Waals surface area contributed by atoms with E-state index in [1.807, 2.05) is 75.4 Å². The summed E-state index contributed by atoms with van der Waals surface area (Å²) in [6.07, 6.45) is 0. The summed E-state index contributed by atoms with van der Waals surface area (Å²) < 4.78 is 0. The first kappa shape index (κ1) is 23.5. The predicted octanol–water partition coefficient (Wildman–Crippen LogP) is 6.30. The average molecular weight is 453 g/mol. The molecule has 1 N–H and O–H groups in total. The fraction of sp³-hybridized carbons (Fsp3) is 0.267. The first-order chi connectivity index (χ1) is 16.0. The van der Waals surface area contributed by atoms with E-state index < -0.39 is 0 Å². The smallest absolute Gasteiger partial charge is 0.278 e. The Balaban J connectivity index is 1.73. The number of nitrogens with zero attached hydrogens (tertiary/aromatic N) is 1. The minimum Gasteiger partial charge on any atom is -0.350 e. The summed E-state index contributed by atoms with van der Waals surface area (Å²) in [4.78, 5) is 28.4. The Morgan fingerprint density at radius 3 is 2.00 bits per heavy atom. The van der Waals surface area contributed by atoms with Crippen LogP contribution in [0.15, 0.2) is 72.4 Å². The highest BCUT2D eigenvalue weighted by Crippen LogP contribution is 2.33. The number of hydrogen-bond donors (Lipinski definition) is 1. The topological polar surface area (TPSA) is 49.4 Å². The SMILES string of the molecule is Cc1ccc(CN2C(=O)C(Nc3ccc(C(C)(C)C)cc3)=C(c3ccc(C)c(C)c3)C2=O)cc1. The highest BCUT2D eigenvalue weighted by atomic mass is 16.2. The van der Waals surface area contributed by atoms with Gasteiger partial charge in [-0.15, -0.1) is 0 Å². The largest absolute Gasteiger partial charge is 0.350 e. The molecule has 0 spiro atoms. The number of nitrogens with one attached hydrogen (secondary N) is 1. The van der Waals surface area contributed by atoms with Crippen molar-refractivity contribution < 1.29 is 9.59 Å². The van der Waals surface area contributed by atoms with Gasteiger partial charge < -0.3 is 5.32 Å². The Morgan fingerprint density at radius 2 is 1.41 bits per heavy atom. The maximum atomic E-state index is 13.6. The van der Waals surface area contributed by atoms with E-state index in [2.05, 4.69) is 38.2 Å². The number of rotatable bonds is 5. The molecular weight excluding hydrogens is 420 g/mol. The van der Waals surface area contributed by atoms with Crippen LogP contribution in [0.25, 0.3) is 5.57 Å². The van der Waals surface area contributed by atoms with Crippen LogP contribution >= 0.6 is 0 Å². The summed E-state index contributed by atoms with van der Waals surface area (Å²) in [6.45, 7) is 12.8. The van der Waals surface area contributed by atoms with Crippen LogP contribution in [-0.4, -0.2) is 16.7 Å². The van der Waals surface area contributed by atoms with Crippen molar-refractivity contribution in [3.05, 3.63) is 106 Å². The molecule has 3 aromatic rings. The predicted molar refractivity (Wildman–Crippen MR) is 138 cm³/mol. The Hall–Kier alpha value is -3.66.